The molecule has 0 spiro atoms. The predicted molar refractivity (Wildman–Crippen MR) is 250 cm³/mol. The van der Waals surface area contributed by atoms with Gasteiger partial charge in [0, 0.05) is 0 Å². The molecule has 5 heteroatoms. The van der Waals surface area contributed by atoms with Crippen molar-refractivity contribution < 1.29 is 20.1 Å². The summed E-state index contributed by atoms with van der Waals surface area (Å²) in [7, 11) is 0. The molecule has 0 saturated heterocycles. The van der Waals surface area contributed by atoms with Crippen molar-refractivity contribution in [1.29, 1.82) is 0 Å². The van der Waals surface area contributed by atoms with E-state index in [-0.39, 0.29) is 6.61 Å². The van der Waals surface area contributed by atoms with Crippen LogP contribution in [-0.4, -0.2) is 46.1 Å². The lowest BCUT2D eigenvalue weighted by Crippen LogP contribution is -2.49. The predicted octanol–water partition coefficient (Wildman–Crippen LogP) is 15.8. The van der Waals surface area contributed by atoms with Crippen LogP contribution in [0.4, 0.5) is 0 Å². The fourth-order valence-corrected chi connectivity index (χ4v) is 8.61. The minimum absolute atomic E-state index is 0.307. The van der Waals surface area contributed by atoms with Crippen LogP contribution in [0.15, 0.2) is 0 Å². The van der Waals surface area contributed by atoms with Crippen LogP contribution in [0.2, 0.25) is 0 Å². The fraction of sp³-hybridized carbons (Fsp3) is 0.981. The summed E-state index contributed by atoms with van der Waals surface area (Å²) < 4.78 is 0. The molecule has 5 nitrogen and oxygen atoms in total. The third-order valence-electron chi connectivity index (χ3n) is 12.7. The van der Waals surface area contributed by atoms with Gasteiger partial charge in [-0.2, -0.15) is 0 Å². The molecule has 0 bridgehead atoms. The first kappa shape index (κ1) is 56.4. The number of rotatable bonds is 49. The van der Waals surface area contributed by atoms with Crippen LogP contribution in [0.25, 0.3) is 0 Å². The summed E-state index contributed by atoms with van der Waals surface area (Å²) in [6.45, 7) is 4.27. The van der Waals surface area contributed by atoms with Gasteiger partial charge in [0.2, 0.25) is 5.91 Å². The second-order valence-electron chi connectivity index (χ2n) is 18.5. The highest BCUT2D eigenvalue weighted by Crippen LogP contribution is 2.18. The van der Waals surface area contributed by atoms with E-state index in [2.05, 4.69) is 19.2 Å². The SMILES string of the molecule is CCCCCCCCCCCCCCCCCCCCCCCCC(O)C(CO)NC(=O)C(O)CCCCCCCCCCCCCCCCCCCCCCC. The van der Waals surface area contributed by atoms with E-state index in [4.69, 9.17) is 0 Å². The van der Waals surface area contributed by atoms with Gasteiger partial charge in [-0.1, -0.05) is 290 Å². The number of unbranched alkanes of at least 4 members (excludes halogenated alkanes) is 41. The normalized spacial score (nSPS) is 13.3. The Kier molecular flexibility index (Phi) is 47.5. The third kappa shape index (κ3) is 43.3. The first-order valence-electron chi connectivity index (χ1n) is 26.3. The van der Waals surface area contributed by atoms with Crippen molar-refractivity contribution in [1.82, 2.24) is 5.32 Å². The lowest BCUT2D eigenvalue weighted by molar-refractivity contribution is -0.131. The molecule has 0 heterocycles. The largest absolute Gasteiger partial charge is 0.394 e. The van der Waals surface area contributed by atoms with Gasteiger partial charge in [0.25, 0.3) is 0 Å². The summed E-state index contributed by atoms with van der Waals surface area (Å²) in [6.07, 6.45) is 57.0. The zero-order valence-electron chi connectivity index (χ0n) is 39.0. The van der Waals surface area contributed by atoms with Crippen LogP contribution in [0.5, 0.6) is 0 Å². The molecule has 0 rings (SSSR count). The van der Waals surface area contributed by atoms with Gasteiger partial charge in [0.1, 0.15) is 6.10 Å². The van der Waals surface area contributed by atoms with Crippen molar-refractivity contribution >= 4 is 5.91 Å². The molecule has 0 saturated carbocycles. The molecule has 0 aliphatic carbocycles. The van der Waals surface area contributed by atoms with Crippen molar-refractivity contribution in [3.05, 3.63) is 0 Å². The van der Waals surface area contributed by atoms with Gasteiger partial charge in [-0.3, -0.25) is 4.79 Å². The van der Waals surface area contributed by atoms with Crippen molar-refractivity contribution in [2.45, 2.75) is 321 Å². The lowest BCUT2D eigenvalue weighted by atomic mass is 10.0. The second-order valence-corrected chi connectivity index (χ2v) is 18.5. The summed E-state index contributed by atoms with van der Waals surface area (Å²) >= 11 is 0. The zero-order valence-corrected chi connectivity index (χ0v) is 39.0. The Morgan fingerprint density at radius 1 is 0.351 bits per heavy atom. The van der Waals surface area contributed by atoms with Gasteiger partial charge in [0.15, 0.2) is 0 Å². The van der Waals surface area contributed by atoms with Gasteiger partial charge in [0.05, 0.1) is 18.8 Å². The van der Waals surface area contributed by atoms with Gasteiger partial charge < -0.3 is 20.6 Å². The van der Waals surface area contributed by atoms with Crippen molar-refractivity contribution in [2.75, 3.05) is 6.61 Å². The van der Waals surface area contributed by atoms with E-state index in [0.29, 0.717) is 12.8 Å². The molecule has 342 valence electrons. The number of carbonyl (C=O) groups excluding carboxylic acids is 1. The first-order valence-corrected chi connectivity index (χ1v) is 26.3. The Hall–Kier alpha value is -0.650. The van der Waals surface area contributed by atoms with E-state index in [1.54, 1.807) is 0 Å². The summed E-state index contributed by atoms with van der Waals surface area (Å²) in [6, 6.07) is -0.707. The Morgan fingerprint density at radius 2 is 0.561 bits per heavy atom. The number of carbonyl (C=O) groups is 1. The van der Waals surface area contributed by atoms with E-state index in [1.807, 2.05) is 0 Å². The molecule has 0 aliphatic heterocycles. The molecule has 0 aromatic rings. The molecule has 0 aromatic carbocycles. The first-order chi connectivity index (χ1) is 28.1. The highest BCUT2D eigenvalue weighted by Gasteiger charge is 2.23. The number of hydrogen-bond acceptors (Lipinski definition) is 4. The average Bonchev–Trinajstić information content (AvgIpc) is 3.22. The number of aliphatic hydroxyl groups excluding tert-OH is 3. The minimum Gasteiger partial charge on any atom is -0.394 e. The topological polar surface area (TPSA) is 89.8 Å². The molecular weight excluding hydrogens is 703 g/mol. The standard InChI is InChI=1S/C52H105NO4/c1-3-5-7-9-11-13-15-17-19-21-23-25-27-28-30-32-34-36-38-40-42-44-46-50(55)49(48-54)53-52(57)51(56)47-45-43-41-39-37-35-33-31-29-26-24-22-20-18-16-14-12-10-8-6-4-2/h49-51,54-56H,3-48H2,1-2H3,(H,53,57). The van der Waals surface area contributed by atoms with E-state index in [9.17, 15) is 20.1 Å². The van der Waals surface area contributed by atoms with Gasteiger partial charge in [-0.15, -0.1) is 0 Å². The third-order valence-corrected chi connectivity index (χ3v) is 12.7. The number of amides is 1. The molecule has 3 atom stereocenters. The fourth-order valence-electron chi connectivity index (χ4n) is 8.61. The Morgan fingerprint density at radius 3 is 0.789 bits per heavy atom. The van der Waals surface area contributed by atoms with Crippen LogP contribution in [0, 0.1) is 0 Å². The second kappa shape index (κ2) is 48.0. The molecule has 4 N–H and O–H groups in total. The van der Waals surface area contributed by atoms with E-state index in [1.165, 1.54) is 244 Å². The number of nitrogens with one attached hydrogen (secondary N) is 1. The highest BCUT2D eigenvalue weighted by molar-refractivity contribution is 5.80. The molecule has 0 aromatic heterocycles. The van der Waals surface area contributed by atoms with E-state index in [0.717, 1.165) is 32.1 Å². The van der Waals surface area contributed by atoms with Gasteiger partial charge in [-0.25, -0.2) is 0 Å². The minimum atomic E-state index is -1.07. The van der Waals surface area contributed by atoms with Crippen LogP contribution >= 0.6 is 0 Å². The molecule has 0 aliphatic rings. The van der Waals surface area contributed by atoms with Crippen LogP contribution in [0.1, 0.15) is 303 Å². The smallest absolute Gasteiger partial charge is 0.249 e. The van der Waals surface area contributed by atoms with Crippen molar-refractivity contribution in [3.63, 3.8) is 0 Å². The van der Waals surface area contributed by atoms with Crippen molar-refractivity contribution in [3.8, 4) is 0 Å². The molecule has 3 unspecified atom stereocenters. The summed E-state index contributed by atoms with van der Waals surface area (Å²) in [5.74, 6) is -0.463. The number of hydrogen-bond donors (Lipinski definition) is 4. The Balaban J connectivity index is 3.52. The molecule has 0 fully saturated rings. The van der Waals surface area contributed by atoms with Crippen LogP contribution < -0.4 is 5.32 Å². The van der Waals surface area contributed by atoms with E-state index >= 15 is 0 Å². The maximum absolute atomic E-state index is 12.5. The Bertz CT molecular complexity index is 762. The maximum atomic E-state index is 12.5. The zero-order chi connectivity index (χ0) is 41.5. The lowest BCUT2D eigenvalue weighted by Gasteiger charge is -2.23. The highest BCUT2D eigenvalue weighted by atomic mass is 16.3. The van der Waals surface area contributed by atoms with Crippen LogP contribution in [0.3, 0.4) is 0 Å². The average molecular weight is 808 g/mol. The molecule has 0 radical (unpaired) electrons. The van der Waals surface area contributed by atoms with E-state index < -0.39 is 24.2 Å². The number of aliphatic hydroxyl groups is 3. The van der Waals surface area contributed by atoms with Gasteiger partial charge >= 0.3 is 0 Å². The summed E-state index contributed by atoms with van der Waals surface area (Å²) in [5.41, 5.74) is 0. The van der Waals surface area contributed by atoms with Gasteiger partial charge in [-0.05, 0) is 12.8 Å². The monoisotopic (exact) mass is 808 g/mol. The summed E-state index contributed by atoms with van der Waals surface area (Å²) in [5, 5.41) is 33.5. The quantitative estimate of drug-likeness (QED) is 0.0461. The van der Waals surface area contributed by atoms with Crippen molar-refractivity contribution in [2.24, 2.45) is 0 Å². The summed E-state index contributed by atoms with van der Waals surface area (Å²) in [4.78, 5) is 12.5. The molecule has 57 heavy (non-hydrogen) atoms. The van der Waals surface area contributed by atoms with Crippen LogP contribution in [-0.2, 0) is 4.79 Å². The molecule has 1 amide bonds. The Labute approximate surface area is 357 Å². The molecular formula is C52H105NO4. The maximum Gasteiger partial charge on any atom is 0.249 e.